The molecule has 1 fully saturated rings. The molecule has 1 aliphatic rings. The van der Waals surface area contributed by atoms with Crippen LogP contribution in [0.5, 0.6) is 0 Å². The number of para-hydroxylation sites is 1. The number of carbonyl (C=O) groups is 1. The third-order valence-electron chi connectivity index (χ3n) is 7.39. The molecule has 10 heteroatoms. The summed E-state index contributed by atoms with van der Waals surface area (Å²) in [5.74, 6) is 0. The lowest BCUT2D eigenvalue weighted by Crippen LogP contribution is -2.52. The Labute approximate surface area is 238 Å². The number of hydrogen-bond acceptors (Lipinski definition) is 5. The van der Waals surface area contributed by atoms with E-state index in [1.807, 2.05) is 45.0 Å². The number of aromatic nitrogens is 1. The Morgan fingerprint density at radius 3 is 2.53 bits per heavy atom. The second-order valence-electron chi connectivity index (χ2n) is 10.3. The Balaban J connectivity index is 1.63. The number of ether oxygens (including phenoxy) is 1. The number of nitrogens with one attached hydrogen (secondary N) is 1. The predicted molar refractivity (Wildman–Crippen MR) is 152 cm³/mol. The number of aryl methyl sites for hydroxylation is 2. The van der Waals surface area contributed by atoms with Gasteiger partial charge in [0.15, 0.2) is 0 Å². The molecule has 3 heterocycles. The van der Waals surface area contributed by atoms with Crippen LogP contribution in [0.25, 0.3) is 0 Å². The van der Waals surface area contributed by atoms with Crippen molar-refractivity contribution in [2.75, 3.05) is 18.4 Å². The van der Waals surface area contributed by atoms with E-state index >= 15 is 0 Å². The highest BCUT2D eigenvalue weighted by Gasteiger charge is 2.59. The second kappa shape index (κ2) is 11.5. The Kier molecular flexibility index (Phi) is 8.73. The molecule has 1 aromatic carbocycles. The van der Waals surface area contributed by atoms with Crippen LogP contribution >= 0.6 is 33.9 Å². The fourth-order valence-electron chi connectivity index (χ4n) is 5.11. The van der Waals surface area contributed by atoms with Crippen molar-refractivity contribution in [3.63, 3.8) is 0 Å². The molecular formula is C28H31F3IN3O2S. The number of likely N-dealkylation sites (tertiary alicyclic amines) is 1. The first-order valence-corrected chi connectivity index (χ1v) is 14.3. The smallest absolute Gasteiger partial charge is 0.426 e. The van der Waals surface area contributed by atoms with E-state index in [1.165, 1.54) is 0 Å². The molecule has 204 valence electrons. The molecule has 0 radical (unpaired) electrons. The van der Waals surface area contributed by atoms with Crippen molar-refractivity contribution in [2.45, 2.75) is 57.9 Å². The first-order valence-electron chi connectivity index (χ1n) is 12.4. The van der Waals surface area contributed by atoms with Gasteiger partial charge in [-0.15, -0.1) is 11.3 Å². The standard InChI is InChI=1S/C28H31F3IN3O2S/c1-19-9-10-20(17-33-19)26(2,3)35-16-15-27(18-35,14-13-22-11-12-23(32)38-22)24(28(29,30)31)37-25(36)34-21-7-5-4-6-8-21/h4-12,17,24H,13-16,18H2,1-3H3,(H,34,36)/t24-,27?/m1/s1. The summed E-state index contributed by atoms with van der Waals surface area (Å²) in [6.45, 7) is 6.48. The van der Waals surface area contributed by atoms with Crippen molar-refractivity contribution in [3.8, 4) is 0 Å². The first kappa shape index (κ1) is 28.8. The number of amides is 1. The van der Waals surface area contributed by atoms with Crippen LogP contribution in [0.1, 0.15) is 42.8 Å². The van der Waals surface area contributed by atoms with Gasteiger partial charge >= 0.3 is 12.3 Å². The zero-order valence-corrected chi connectivity index (χ0v) is 24.5. The summed E-state index contributed by atoms with van der Waals surface area (Å²) in [4.78, 5) is 20.2. The van der Waals surface area contributed by atoms with Crippen molar-refractivity contribution < 1.29 is 22.7 Å². The maximum Gasteiger partial charge on any atom is 0.426 e. The zero-order valence-electron chi connectivity index (χ0n) is 21.5. The fourth-order valence-corrected chi connectivity index (χ4v) is 6.86. The summed E-state index contributed by atoms with van der Waals surface area (Å²) in [6.07, 6.45) is -5.34. The van der Waals surface area contributed by atoms with E-state index in [0.717, 1.165) is 19.0 Å². The van der Waals surface area contributed by atoms with Gasteiger partial charge in [-0.05, 0) is 105 Å². The van der Waals surface area contributed by atoms with Crippen molar-refractivity contribution in [2.24, 2.45) is 5.41 Å². The number of benzene rings is 1. The number of anilines is 1. The van der Waals surface area contributed by atoms with Crippen molar-refractivity contribution in [1.29, 1.82) is 0 Å². The highest BCUT2D eigenvalue weighted by atomic mass is 127. The monoisotopic (exact) mass is 657 g/mol. The Hall–Kier alpha value is -2.18. The minimum atomic E-state index is -4.73. The van der Waals surface area contributed by atoms with Crippen LogP contribution < -0.4 is 5.32 Å². The van der Waals surface area contributed by atoms with E-state index in [4.69, 9.17) is 4.74 Å². The van der Waals surface area contributed by atoms with Gasteiger partial charge in [-0.3, -0.25) is 15.2 Å². The van der Waals surface area contributed by atoms with Gasteiger partial charge in [0.25, 0.3) is 0 Å². The molecule has 1 N–H and O–H groups in total. The van der Waals surface area contributed by atoms with Crippen LogP contribution in [0, 0.1) is 15.2 Å². The number of nitrogens with zero attached hydrogens (tertiary/aromatic N) is 2. The molecule has 0 aliphatic carbocycles. The van der Waals surface area contributed by atoms with E-state index < -0.39 is 29.3 Å². The minimum Gasteiger partial charge on any atom is -0.436 e. The van der Waals surface area contributed by atoms with E-state index in [-0.39, 0.29) is 19.4 Å². The summed E-state index contributed by atoms with van der Waals surface area (Å²) in [5, 5.41) is 2.45. The molecule has 1 amide bonds. The van der Waals surface area contributed by atoms with Gasteiger partial charge in [0.1, 0.15) is 0 Å². The summed E-state index contributed by atoms with van der Waals surface area (Å²) >= 11 is 3.79. The number of carbonyl (C=O) groups excluding carboxylic acids is 1. The van der Waals surface area contributed by atoms with E-state index in [9.17, 15) is 18.0 Å². The van der Waals surface area contributed by atoms with Gasteiger partial charge in [0.2, 0.25) is 6.10 Å². The SMILES string of the molecule is Cc1ccc(C(C)(C)N2CCC(CCc3ccc(I)s3)([C@@H](OC(=O)Nc3ccccc3)C(F)(F)F)C2)cn1. The number of rotatable bonds is 8. The van der Waals surface area contributed by atoms with Crippen LogP contribution in [-0.4, -0.2) is 41.3 Å². The lowest BCUT2D eigenvalue weighted by atomic mass is 9.76. The topological polar surface area (TPSA) is 54.5 Å². The highest BCUT2D eigenvalue weighted by molar-refractivity contribution is 14.1. The molecule has 2 atom stereocenters. The van der Waals surface area contributed by atoms with Crippen molar-refractivity contribution in [3.05, 3.63) is 79.8 Å². The normalized spacial score (nSPS) is 19.3. The quantitative estimate of drug-likeness (QED) is 0.252. The number of pyridine rings is 1. The molecule has 1 saturated heterocycles. The van der Waals surface area contributed by atoms with Crippen LogP contribution in [0.3, 0.4) is 0 Å². The average molecular weight is 658 g/mol. The van der Waals surface area contributed by atoms with Crippen LogP contribution in [0.15, 0.2) is 60.8 Å². The van der Waals surface area contributed by atoms with Gasteiger partial charge in [0, 0.05) is 40.0 Å². The maximum atomic E-state index is 14.7. The summed E-state index contributed by atoms with van der Waals surface area (Å²) in [7, 11) is 0. The van der Waals surface area contributed by atoms with Crippen LogP contribution in [-0.2, 0) is 16.7 Å². The largest absolute Gasteiger partial charge is 0.436 e. The van der Waals surface area contributed by atoms with Crippen LogP contribution in [0.4, 0.5) is 23.7 Å². The van der Waals surface area contributed by atoms with Gasteiger partial charge < -0.3 is 4.74 Å². The molecule has 0 saturated carbocycles. The zero-order chi connectivity index (χ0) is 27.6. The second-order valence-corrected chi connectivity index (χ2v) is 13.4. The highest BCUT2D eigenvalue weighted by Crippen LogP contribution is 2.49. The van der Waals surface area contributed by atoms with Gasteiger partial charge in [-0.2, -0.15) is 13.2 Å². The molecule has 38 heavy (non-hydrogen) atoms. The fraction of sp³-hybridized carbons (Fsp3) is 0.429. The third kappa shape index (κ3) is 6.69. The maximum absolute atomic E-state index is 14.7. The lowest BCUT2D eigenvalue weighted by molar-refractivity contribution is -0.237. The summed E-state index contributed by atoms with van der Waals surface area (Å²) < 4.78 is 50.5. The molecule has 3 aromatic rings. The van der Waals surface area contributed by atoms with E-state index in [0.29, 0.717) is 18.7 Å². The molecule has 4 rings (SSSR count). The minimum absolute atomic E-state index is 0.138. The molecule has 0 spiro atoms. The van der Waals surface area contributed by atoms with Crippen molar-refractivity contribution in [1.82, 2.24) is 9.88 Å². The van der Waals surface area contributed by atoms with Crippen molar-refractivity contribution >= 4 is 45.7 Å². The van der Waals surface area contributed by atoms with Gasteiger partial charge in [-0.1, -0.05) is 24.3 Å². The lowest BCUT2D eigenvalue weighted by Gasteiger charge is -2.41. The van der Waals surface area contributed by atoms with Crippen LogP contribution in [0.2, 0.25) is 0 Å². The molecule has 2 aromatic heterocycles. The third-order valence-corrected chi connectivity index (χ3v) is 9.34. The Morgan fingerprint density at radius 1 is 1.18 bits per heavy atom. The van der Waals surface area contributed by atoms with Gasteiger partial charge in [0.05, 0.1) is 2.88 Å². The average Bonchev–Trinajstić information content (AvgIpc) is 3.49. The molecule has 1 unspecified atom stereocenters. The molecular weight excluding hydrogens is 626 g/mol. The van der Waals surface area contributed by atoms with Gasteiger partial charge in [-0.25, -0.2) is 4.79 Å². The first-order chi connectivity index (χ1) is 17.9. The molecule has 1 aliphatic heterocycles. The summed E-state index contributed by atoms with van der Waals surface area (Å²) in [5.41, 5.74) is 0.320. The number of halogens is 4. The molecule has 5 nitrogen and oxygen atoms in total. The summed E-state index contributed by atoms with van der Waals surface area (Å²) in [6, 6.07) is 16.2. The van der Waals surface area contributed by atoms with E-state index in [1.54, 1.807) is 47.9 Å². The number of hydrogen-bond donors (Lipinski definition) is 1. The Bertz CT molecular complexity index is 1230. The Morgan fingerprint density at radius 2 is 1.92 bits per heavy atom. The number of thiophene rings is 1. The van der Waals surface area contributed by atoms with E-state index in [2.05, 4.69) is 37.8 Å². The molecule has 0 bridgehead atoms. The number of alkyl halides is 3. The predicted octanol–water partition coefficient (Wildman–Crippen LogP) is 7.80.